The first-order valence-electron chi connectivity index (χ1n) is 6.06. The van der Waals surface area contributed by atoms with Crippen molar-refractivity contribution in [2.75, 3.05) is 19.6 Å². The molecule has 5 heteroatoms. The zero-order valence-electron chi connectivity index (χ0n) is 9.74. The lowest BCUT2D eigenvalue weighted by molar-refractivity contribution is -0.268. The summed E-state index contributed by atoms with van der Waals surface area (Å²) in [7, 11) is 0. The summed E-state index contributed by atoms with van der Waals surface area (Å²) in [5.74, 6) is 0. The van der Waals surface area contributed by atoms with Crippen LogP contribution >= 0.6 is 0 Å². The van der Waals surface area contributed by atoms with Crippen molar-refractivity contribution >= 4 is 6.16 Å². The van der Waals surface area contributed by atoms with Crippen molar-refractivity contribution in [3.8, 4) is 0 Å². The van der Waals surface area contributed by atoms with Crippen molar-refractivity contribution < 1.29 is 14.7 Å². The Morgan fingerprint density at radius 2 is 2.25 bits per heavy atom. The maximum Gasteiger partial charge on any atom is 0.525 e. The van der Waals surface area contributed by atoms with Crippen LogP contribution in [-0.4, -0.2) is 42.0 Å². The van der Waals surface area contributed by atoms with Crippen LogP contribution in [0.5, 0.6) is 0 Å². The smallest absolute Gasteiger partial charge is 0.448 e. The summed E-state index contributed by atoms with van der Waals surface area (Å²) < 4.78 is 0. The molecule has 0 aromatic rings. The third-order valence-corrected chi connectivity index (χ3v) is 3.88. The normalized spacial score (nSPS) is 28.7. The third-order valence-electron chi connectivity index (χ3n) is 3.88. The molecule has 0 saturated carbocycles. The van der Waals surface area contributed by atoms with Crippen LogP contribution in [0.3, 0.4) is 0 Å². The summed E-state index contributed by atoms with van der Waals surface area (Å²) in [6, 6.07) is 0.288. The molecule has 1 atom stereocenters. The Hall–Kier alpha value is -0.810. The van der Waals surface area contributed by atoms with Crippen molar-refractivity contribution in [1.82, 2.24) is 10.4 Å². The molecule has 92 valence electrons. The summed E-state index contributed by atoms with van der Waals surface area (Å²) in [6.45, 7) is 4.99. The van der Waals surface area contributed by atoms with Gasteiger partial charge in [0.15, 0.2) is 0 Å². The van der Waals surface area contributed by atoms with Crippen LogP contribution in [0.15, 0.2) is 0 Å². The van der Waals surface area contributed by atoms with Gasteiger partial charge in [-0.15, -0.1) is 5.06 Å². The van der Waals surface area contributed by atoms with Crippen molar-refractivity contribution in [2.45, 2.75) is 38.6 Å². The highest BCUT2D eigenvalue weighted by molar-refractivity contribution is 5.56. The van der Waals surface area contributed by atoms with E-state index in [0.29, 0.717) is 5.41 Å². The number of carbonyl (C=O) groups is 1. The zero-order valence-corrected chi connectivity index (χ0v) is 9.74. The molecule has 5 nitrogen and oxygen atoms in total. The Labute approximate surface area is 95.7 Å². The van der Waals surface area contributed by atoms with Crippen LogP contribution in [0, 0.1) is 5.41 Å². The van der Waals surface area contributed by atoms with Crippen LogP contribution in [0.1, 0.15) is 32.6 Å². The van der Waals surface area contributed by atoms with Gasteiger partial charge in [-0.1, -0.05) is 13.3 Å². The van der Waals surface area contributed by atoms with Crippen molar-refractivity contribution in [3.63, 3.8) is 0 Å². The molecule has 2 N–H and O–H groups in total. The highest BCUT2D eigenvalue weighted by Gasteiger charge is 2.54. The van der Waals surface area contributed by atoms with Gasteiger partial charge in [0.05, 0.1) is 6.04 Å². The molecule has 2 heterocycles. The van der Waals surface area contributed by atoms with E-state index in [0.717, 1.165) is 45.3 Å². The van der Waals surface area contributed by atoms with Gasteiger partial charge in [-0.05, 0) is 32.4 Å². The number of rotatable bonds is 3. The summed E-state index contributed by atoms with van der Waals surface area (Å²) in [5, 5.41) is 13.6. The lowest BCUT2D eigenvalue weighted by atomic mass is 9.65. The Kier molecular flexibility index (Phi) is 3.35. The predicted molar refractivity (Wildman–Crippen MR) is 59.0 cm³/mol. The SMILES string of the molecule is CCCC1N(OC(=O)O)CC12CCNCC2. The number of hydrogen-bond donors (Lipinski definition) is 2. The van der Waals surface area contributed by atoms with Gasteiger partial charge in [-0.2, -0.15) is 0 Å². The maximum absolute atomic E-state index is 10.5. The Morgan fingerprint density at radius 3 is 2.81 bits per heavy atom. The van der Waals surface area contributed by atoms with Gasteiger partial charge in [0.25, 0.3) is 0 Å². The van der Waals surface area contributed by atoms with Crippen molar-refractivity contribution in [2.24, 2.45) is 5.41 Å². The highest BCUT2D eigenvalue weighted by atomic mass is 16.8. The highest BCUT2D eigenvalue weighted by Crippen LogP contribution is 2.46. The van der Waals surface area contributed by atoms with E-state index in [-0.39, 0.29) is 6.04 Å². The molecule has 2 aliphatic heterocycles. The number of hydrogen-bond acceptors (Lipinski definition) is 4. The Morgan fingerprint density at radius 1 is 1.56 bits per heavy atom. The summed E-state index contributed by atoms with van der Waals surface area (Å²) in [5.41, 5.74) is 0.302. The second-order valence-electron chi connectivity index (χ2n) is 4.85. The summed E-state index contributed by atoms with van der Waals surface area (Å²) in [6.07, 6.45) is 3.17. The zero-order chi connectivity index (χ0) is 11.6. The Bertz CT molecular complexity index is 264. The van der Waals surface area contributed by atoms with E-state index in [2.05, 4.69) is 12.2 Å². The fourth-order valence-electron chi connectivity index (χ4n) is 3.05. The lowest BCUT2D eigenvalue weighted by Gasteiger charge is -2.57. The molecule has 0 bridgehead atoms. The first kappa shape index (κ1) is 11.7. The molecule has 0 aliphatic carbocycles. The first-order chi connectivity index (χ1) is 7.68. The first-order valence-corrected chi connectivity index (χ1v) is 6.06. The van der Waals surface area contributed by atoms with Crippen molar-refractivity contribution in [1.29, 1.82) is 0 Å². The number of piperidine rings is 1. The molecule has 2 saturated heterocycles. The number of nitrogens with one attached hydrogen (secondary N) is 1. The molecule has 2 rings (SSSR count). The molecule has 0 aromatic carbocycles. The predicted octanol–water partition coefficient (Wildman–Crippen LogP) is 1.45. The minimum atomic E-state index is -1.19. The van der Waals surface area contributed by atoms with Gasteiger partial charge in [-0.25, -0.2) is 4.79 Å². The summed E-state index contributed by atoms with van der Waals surface area (Å²) >= 11 is 0. The van der Waals surface area contributed by atoms with Crippen LogP contribution in [0.2, 0.25) is 0 Å². The Balaban J connectivity index is 1.98. The average Bonchev–Trinajstić information content (AvgIpc) is 2.26. The van der Waals surface area contributed by atoms with Gasteiger partial charge >= 0.3 is 6.16 Å². The van der Waals surface area contributed by atoms with E-state index in [9.17, 15) is 4.79 Å². The topological polar surface area (TPSA) is 61.8 Å². The van der Waals surface area contributed by atoms with E-state index in [1.54, 1.807) is 5.06 Å². The molecule has 16 heavy (non-hydrogen) atoms. The fourth-order valence-corrected chi connectivity index (χ4v) is 3.05. The van der Waals surface area contributed by atoms with Crippen LogP contribution in [0.4, 0.5) is 4.79 Å². The second kappa shape index (κ2) is 4.59. The molecule has 2 fully saturated rings. The van der Waals surface area contributed by atoms with Gasteiger partial charge in [0.1, 0.15) is 0 Å². The number of hydroxylamine groups is 2. The molecular formula is C11H20N2O3. The van der Waals surface area contributed by atoms with Gasteiger partial charge in [0.2, 0.25) is 0 Å². The van der Waals surface area contributed by atoms with Crippen molar-refractivity contribution in [3.05, 3.63) is 0 Å². The van der Waals surface area contributed by atoms with E-state index in [1.165, 1.54) is 0 Å². The largest absolute Gasteiger partial charge is 0.525 e. The molecule has 1 unspecified atom stereocenters. The molecule has 1 spiro atoms. The minimum Gasteiger partial charge on any atom is -0.448 e. The quantitative estimate of drug-likeness (QED) is 0.765. The second-order valence-corrected chi connectivity index (χ2v) is 4.85. The standard InChI is InChI=1S/C11H20N2O3/c1-2-3-9-11(4-6-12-7-5-11)8-13(9)16-10(14)15/h9,12H,2-8H2,1H3,(H,14,15). The fraction of sp³-hybridized carbons (Fsp3) is 0.909. The molecule has 0 radical (unpaired) electrons. The van der Waals surface area contributed by atoms with E-state index < -0.39 is 6.16 Å². The van der Waals surface area contributed by atoms with Crippen LogP contribution < -0.4 is 5.32 Å². The van der Waals surface area contributed by atoms with Crippen LogP contribution in [-0.2, 0) is 4.84 Å². The number of nitrogens with zero attached hydrogens (tertiary/aromatic N) is 1. The minimum absolute atomic E-state index is 0.288. The van der Waals surface area contributed by atoms with Gasteiger partial charge in [0, 0.05) is 12.0 Å². The summed E-state index contributed by atoms with van der Waals surface area (Å²) in [4.78, 5) is 15.4. The molecule has 0 aromatic heterocycles. The van der Waals surface area contributed by atoms with E-state index in [1.807, 2.05) is 0 Å². The molecular weight excluding hydrogens is 208 g/mol. The monoisotopic (exact) mass is 228 g/mol. The van der Waals surface area contributed by atoms with Gasteiger partial charge < -0.3 is 15.3 Å². The maximum atomic E-state index is 10.5. The number of carboxylic acid groups (broad SMARTS) is 1. The van der Waals surface area contributed by atoms with Gasteiger partial charge in [-0.3, -0.25) is 0 Å². The van der Waals surface area contributed by atoms with E-state index >= 15 is 0 Å². The average molecular weight is 228 g/mol. The molecule has 2 aliphatic rings. The van der Waals surface area contributed by atoms with Crippen LogP contribution in [0.25, 0.3) is 0 Å². The third kappa shape index (κ3) is 2.01. The van der Waals surface area contributed by atoms with E-state index in [4.69, 9.17) is 9.94 Å². The molecule has 0 amide bonds. The lowest BCUT2D eigenvalue weighted by Crippen LogP contribution is -2.67.